The smallest absolute Gasteiger partial charge is 0.231 e. The van der Waals surface area contributed by atoms with Crippen molar-refractivity contribution in [1.29, 1.82) is 0 Å². The van der Waals surface area contributed by atoms with E-state index in [2.05, 4.69) is 42.6 Å². The molecule has 1 N–H and O–H groups in total. The van der Waals surface area contributed by atoms with E-state index in [4.69, 9.17) is 0 Å². The van der Waals surface area contributed by atoms with Gasteiger partial charge in [0.1, 0.15) is 0 Å². The van der Waals surface area contributed by atoms with E-state index < -0.39 is 0 Å². The Labute approximate surface area is 113 Å². The predicted molar refractivity (Wildman–Crippen MR) is 77.3 cm³/mol. The van der Waals surface area contributed by atoms with E-state index in [1.165, 1.54) is 11.1 Å². The Kier molecular flexibility index (Phi) is 3.08. The molecule has 1 amide bonds. The molecule has 0 bridgehead atoms. The van der Waals surface area contributed by atoms with Crippen LogP contribution >= 0.6 is 0 Å². The SMILES string of the molecule is Cc1ccc([C@H]2CCc3ccccc3NC2=O)cc1. The fourth-order valence-electron chi connectivity index (χ4n) is 2.63. The number of benzene rings is 2. The zero-order valence-corrected chi connectivity index (χ0v) is 11.0. The minimum Gasteiger partial charge on any atom is -0.325 e. The van der Waals surface area contributed by atoms with Gasteiger partial charge in [0.05, 0.1) is 5.92 Å². The Bertz CT molecular complexity index is 601. The molecule has 2 nitrogen and oxygen atoms in total. The molecule has 0 unspecified atom stereocenters. The first-order valence-electron chi connectivity index (χ1n) is 6.69. The maximum atomic E-state index is 12.4. The number of carbonyl (C=O) groups is 1. The van der Waals surface area contributed by atoms with Crippen LogP contribution in [0.4, 0.5) is 5.69 Å². The Morgan fingerprint density at radius 3 is 2.58 bits per heavy atom. The van der Waals surface area contributed by atoms with Gasteiger partial charge in [-0.05, 0) is 37.0 Å². The summed E-state index contributed by atoms with van der Waals surface area (Å²) in [6, 6.07) is 16.3. The maximum absolute atomic E-state index is 12.4. The lowest BCUT2D eigenvalue weighted by atomic mass is 9.92. The summed E-state index contributed by atoms with van der Waals surface area (Å²) in [4.78, 5) is 12.4. The summed E-state index contributed by atoms with van der Waals surface area (Å²) in [6.07, 6.45) is 1.80. The fourth-order valence-corrected chi connectivity index (χ4v) is 2.63. The fraction of sp³-hybridized carbons (Fsp3) is 0.235. The largest absolute Gasteiger partial charge is 0.325 e. The average Bonchev–Trinajstić information content (AvgIpc) is 2.58. The molecular weight excluding hydrogens is 234 g/mol. The summed E-state index contributed by atoms with van der Waals surface area (Å²) in [5.41, 5.74) is 4.52. The molecule has 19 heavy (non-hydrogen) atoms. The van der Waals surface area contributed by atoms with E-state index in [-0.39, 0.29) is 11.8 Å². The number of para-hydroxylation sites is 1. The second-order valence-corrected chi connectivity index (χ2v) is 5.15. The normalized spacial score (nSPS) is 18.4. The van der Waals surface area contributed by atoms with Crippen molar-refractivity contribution in [2.24, 2.45) is 0 Å². The molecule has 2 aromatic rings. The van der Waals surface area contributed by atoms with Gasteiger partial charge in [0.25, 0.3) is 0 Å². The number of hydrogen-bond acceptors (Lipinski definition) is 1. The molecule has 1 aliphatic rings. The van der Waals surface area contributed by atoms with Gasteiger partial charge in [0, 0.05) is 5.69 Å². The molecule has 1 aliphatic heterocycles. The summed E-state index contributed by atoms with van der Waals surface area (Å²) in [7, 11) is 0. The van der Waals surface area contributed by atoms with Gasteiger partial charge in [-0.25, -0.2) is 0 Å². The van der Waals surface area contributed by atoms with Crippen molar-refractivity contribution in [3.8, 4) is 0 Å². The summed E-state index contributed by atoms with van der Waals surface area (Å²) in [6.45, 7) is 2.06. The second-order valence-electron chi connectivity index (χ2n) is 5.15. The van der Waals surface area contributed by atoms with Gasteiger partial charge in [-0.15, -0.1) is 0 Å². The van der Waals surface area contributed by atoms with E-state index in [9.17, 15) is 4.79 Å². The van der Waals surface area contributed by atoms with Crippen LogP contribution in [-0.2, 0) is 11.2 Å². The maximum Gasteiger partial charge on any atom is 0.231 e. The molecule has 96 valence electrons. The highest BCUT2D eigenvalue weighted by atomic mass is 16.1. The topological polar surface area (TPSA) is 29.1 Å². The zero-order valence-electron chi connectivity index (χ0n) is 11.0. The minimum atomic E-state index is -0.0481. The summed E-state index contributed by atoms with van der Waals surface area (Å²) >= 11 is 0. The van der Waals surface area contributed by atoms with Gasteiger partial charge < -0.3 is 5.32 Å². The van der Waals surface area contributed by atoms with Crippen LogP contribution in [0.2, 0.25) is 0 Å². The van der Waals surface area contributed by atoms with Crippen LogP contribution in [0.1, 0.15) is 29.0 Å². The number of amides is 1. The average molecular weight is 251 g/mol. The lowest BCUT2D eigenvalue weighted by Crippen LogP contribution is -2.19. The lowest BCUT2D eigenvalue weighted by Gasteiger charge is -2.13. The van der Waals surface area contributed by atoms with E-state index in [1.54, 1.807) is 0 Å². The van der Waals surface area contributed by atoms with Crippen molar-refractivity contribution in [2.45, 2.75) is 25.7 Å². The number of hydrogen-bond donors (Lipinski definition) is 1. The number of carbonyl (C=O) groups excluding carboxylic acids is 1. The number of nitrogens with one attached hydrogen (secondary N) is 1. The molecule has 2 aromatic carbocycles. The minimum absolute atomic E-state index is 0.0481. The summed E-state index contributed by atoms with van der Waals surface area (Å²) < 4.78 is 0. The van der Waals surface area contributed by atoms with Crippen LogP contribution in [0.25, 0.3) is 0 Å². The lowest BCUT2D eigenvalue weighted by molar-refractivity contribution is -0.117. The Morgan fingerprint density at radius 2 is 1.79 bits per heavy atom. The van der Waals surface area contributed by atoms with Crippen molar-refractivity contribution in [3.63, 3.8) is 0 Å². The standard InChI is InChI=1S/C17H17NO/c1-12-6-8-13(9-7-12)15-11-10-14-4-2-3-5-16(14)18-17(15)19/h2-9,15H,10-11H2,1H3,(H,18,19)/t15-/m1/s1. The molecular formula is C17H17NO. The predicted octanol–water partition coefficient (Wildman–Crippen LogP) is 3.66. The van der Waals surface area contributed by atoms with Gasteiger partial charge >= 0.3 is 0 Å². The third-order valence-corrected chi connectivity index (χ3v) is 3.77. The molecule has 0 radical (unpaired) electrons. The van der Waals surface area contributed by atoms with Crippen molar-refractivity contribution in [1.82, 2.24) is 0 Å². The first-order valence-corrected chi connectivity index (χ1v) is 6.69. The quantitative estimate of drug-likeness (QED) is 0.823. The second kappa shape index (κ2) is 4.88. The van der Waals surface area contributed by atoms with Gasteiger partial charge in [0.2, 0.25) is 5.91 Å². The molecule has 0 aromatic heterocycles. The molecule has 0 saturated carbocycles. The third-order valence-electron chi connectivity index (χ3n) is 3.77. The van der Waals surface area contributed by atoms with E-state index >= 15 is 0 Å². The van der Waals surface area contributed by atoms with Crippen LogP contribution in [0.3, 0.4) is 0 Å². The molecule has 3 rings (SSSR count). The first-order chi connectivity index (χ1) is 9.24. The van der Waals surface area contributed by atoms with Crippen molar-refractivity contribution >= 4 is 11.6 Å². The molecule has 1 atom stereocenters. The summed E-state index contributed by atoms with van der Waals surface area (Å²) in [5, 5.41) is 3.05. The molecule has 0 saturated heterocycles. The Balaban J connectivity index is 1.90. The summed E-state index contributed by atoms with van der Waals surface area (Å²) in [5.74, 6) is 0.0572. The van der Waals surface area contributed by atoms with Gasteiger partial charge in [-0.2, -0.15) is 0 Å². The van der Waals surface area contributed by atoms with Crippen LogP contribution in [0.5, 0.6) is 0 Å². The molecule has 2 heteroatoms. The molecule has 1 heterocycles. The van der Waals surface area contributed by atoms with E-state index in [1.807, 2.05) is 18.2 Å². The van der Waals surface area contributed by atoms with Gasteiger partial charge in [-0.1, -0.05) is 48.0 Å². The van der Waals surface area contributed by atoms with Crippen LogP contribution in [0, 0.1) is 6.92 Å². The third kappa shape index (κ3) is 2.39. The highest BCUT2D eigenvalue weighted by molar-refractivity contribution is 5.97. The van der Waals surface area contributed by atoms with Crippen LogP contribution < -0.4 is 5.32 Å². The zero-order chi connectivity index (χ0) is 13.2. The number of fused-ring (bicyclic) bond motifs is 1. The molecule has 0 aliphatic carbocycles. The Hall–Kier alpha value is -2.09. The van der Waals surface area contributed by atoms with Crippen molar-refractivity contribution in [2.75, 3.05) is 5.32 Å². The number of anilines is 1. The highest BCUT2D eigenvalue weighted by Gasteiger charge is 2.24. The Morgan fingerprint density at radius 1 is 1.05 bits per heavy atom. The molecule has 0 fully saturated rings. The van der Waals surface area contributed by atoms with Crippen molar-refractivity contribution < 1.29 is 4.79 Å². The highest BCUT2D eigenvalue weighted by Crippen LogP contribution is 2.30. The number of rotatable bonds is 1. The van der Waals surface area contributed by atoms with E-state index in [0.717, 1.165) is 24.1 Å². The number of aryl methyl sites for hydroxylation is 2. The van der Waals surface area contributed by atoms with E-state index in [0.29, 0.717) is 0 Å². The van der Waals surface area contributed by atoms with Gasteiger partial charge in [0.15, 0.2) is 0 Å². The van der Waals surface area contributed by atoms with Crippen LogP contribution in [0.15, 0.2) is 48.5 Å². The first kappa shape index (κ1) is 12.0. The van der Waals surface area contributed by atoms with Crippen molar-refractivity contribution in [3.05, 3.63) is 65.2 Å². The van der Waals surface area contributed by atoms with Gasteiger partial charge in [-0.3, -0.25) is 4.79 Å². The monoisotopic (exact) mass is 251 g/mol. The van der Waals surface area contributed by atoms with Crippen LogP contribution in [-0.4, -0.2) is 5.91 Å². The molecule has 0 spiro atoms.